The Morgan fingerprint density at radius 3 is 2.48 bits per heavy atom. The Hall–Kier alpha value is -4.33. The summed E-state index contributed by atoms with van der Waals surface area (Å²) < 4.78 is 20.9. The molecule has 0 aliphatic heterocycles. The van der Waals surface area contributed by atoms with E-state index in [0.717, 1.165) is 16.9 Å². The van der Waals surface area contributed by atoms with Gasteiger partial charge in [0.1, 0.15) is 17.4 Å². The molecule has 0 unspecified atom stereocenters. The van der Waals surface area contributed by atoms with Crippen LogP contribution in [0.2, 0.25) is 0 Å². The van der Waals surface area contributed by atoms with Gasteiger partial charge in [-0.15, -0.1) is 10.2 Å². The monoisotopic (exact) mass is 413 g/mol. The highest BCUT2D eigenvalue weighted by Gasteiger charge is 2.15. The van der Waals surface area contributed by atoms with Crippen LogP contribution in [0.1, 0.15) is 16.2 Å². The smallest absolute Gasteiger partial charge is 0.266 e. The molecule has 0 saturated carbocycles. The Bertz CT molecular complexity index is 1410. The molecule has 8 heteroatoms. The van der Waals surface area contributed by atoms with Crippen molar-refractivity contribution in [2.75, 3.05) is 5.32 Å². The Balaban J connectivity index is 1.40. The van der Waals surface area contributed by atoms with Crippen molar-refractivity contribution in [2.24, 2.45) is 0 Å². The van der Waals surface area contributed by atoms with E-state index in [9.17, 15) is 9.18 Å². The quantitative estimate of drug-likeness (QED) is 0.459. The van der Waals surface area contributed by atoms with Crippen molar-refractivity contribution >= 4 is 28.3 Å². The molecule has 1 amide bonds. The zero-order chi connectivity index (χ0) is 21.4. The number of carbonyl (C=O) groups is 1. The zero-order valence-electron chi connectivity index (χ0n) is 16.4. The highest BCUT2D eigenvalue weighted by Crippen LogP contribution is 2.28. The van der Waals surface area contributed by atoms with Gasteiger partial charge < -0.3 is 10.1 Å². The molecule has 152 valence electrons. The number of hydrogen-bond acceptors (Lipinski definition) is 5. The third-order valence-electron chi connectivity index (χ3n) is 4.79. The van der Waals surface area contributed by atoms with Crippen molar-refractivity contribution in [3.8, 4) is 11.6 Å². The van der Waals surface area contributed by atoms with Crippen molar-refractivity contribution in [3.05, 3.63) is 90.0 Å². The minimum atomic E-state index is -0.391. The van der Waals surface area contributed by atoms with Crippen molar-refractivity contribution < 1.29 is 13.9 Å². The largest absolute Gasteiger partial charge is 0.436 e. The molecule has 2 aromatic heterocycles. The number of amides is 1. The van der Waals surface area contributed by atoms with Crippen LogP contribution in [0.25, 0.3) is 16.7 Å². The molecular weight excluding hydrogens is 397 g/mol. The number of halogens is 1. The summed E-state index contributed by atoms with van der Waals surface area (Å²) in [5, 5.41) is 11.1. The maximum atomic E-state index is 13.0. The van der Waals surface area contributed by atoms with E-state index in [2.05, 4.69) is 20.5 Å². The minimum absolute atomic E-state index is 0.328. The van der Waals surface area contributed by atoms with E-state index in [0.29, 0.717) is 28.5 Å². The van der Waals surface area contributed by atoms with Crippen molar-refractivity contribution in [1.82, 2.24) is 19.6 Å². The van der Waals surface area contributed by atoms with Crippen LogP contribution in [0.3, 0.4) is 0 Å². The van der Waals surface area contributed by atoms with Gasteiger partial charge in [0.15, 0.2) is 0 Å². The van der Waals surface area contributed by atoms with Crippen LogP contribution in [-0.2, 0) is 0 Å². The second kappa shape index (κ2) is 7.49. The second-order valence-corrected chi connectivity index (χ2v) is 6.90. The molecule has 31 heavy (non-hydrogen) atoms. The fourth-order valence-corrected chi connectivity index (χ4v) is 3.29. The summed E-state index contributed by atoms with van der Waals surface area (Å²) in [6, 6.07) is 19.9. The van der Waals surface area contributed by atoms with Gasteiger partial charge in [0.05, 0.1) is 11.0 Å². The van der Waals surface area contributed by atoms with Gasteiger partial charge >= 0.3 is 0 Å². The zero-order valence-corrected chi connectivity index (χ0v) is 16.4. The summed E-state index contributed by atoms with van der Waals surface area (Å²) >= 11 is 0. The Kier molecular flexibility index (Phi) is 4.51. The third kappa shape index (κ3) is 3.55. The van der Waals surface area contributed by atoms with Gasteiger partial charge in [-0.05, 0) is 67.6 Å². The van der Waals surface area contributed by atoms with E-state index in [4.69, 9.17) is 4.74 Å². The van der Waals surface area contributed by atoms with Crippen LogP contribution in [-0.4, -0.2) is 25.5 Å². The highest BCUT2D eigenvalue weighted by molar-refractivity contribution is 6.04. The SMILES string of the molecule is Cc1nnc2c(Oc3ccc(NC(=O)c4ccc(F)cc4)cc3)nc3ccccc3n12. The molecule has 0 fully saturated rings. The number of rotatable bonds is 4. The standard InChI is InChI=1S/C23H16FN5O2/c1-14-27-28-21-23(26-19-4-2-3-5-20(19)29(14)21)31-18-12-10-17(11-13-18)25-22(30)15-6-8-16(24)9-7-15/h2-13H,1H3,(H,25,30). The number of nitrogens with zero attached hydrogens (tertiary/aromatic N) is 4. The van der Waals surface area contributed by atoms with E-state index < -0.39 is 5.82 Å². The first-order valence-corrected chi connectivity index (χ1v) is 9.54. The number of anilines is 1. The molecule has 0 atom stereocenters. The molecule has 5 rings (SSSR count). The number of ether oxygens (including phenoxy) is 1. The molecule has 3 aromatic carbocycles. The fourth-order valence-electron chi connectivity index (χ4n) is 3.29. The molecule has 0 saturated heterocycles. The van der Waals surface area contributed by atoms with Crippen molar-refractivity contribution in [1.29, 1.82) is 0 Å². The Morgan fingerprint density at radius 2 is 1.71 bits per heavy atom. The van der Waals surface area contributed by atoms with Gasteiger partial charge in [-0.2, -0.15) is 0 Å². The molecule has 2 heterocycles. The Morgan fingerprint density at radius 1 is 0.968 bits per heavy atom. The van der Waals surface area contributed by atoms with Gasteiger partial charge in [-0.3, -0.25) is 9.20 Å². The molecule has 0 spiro atoms. The van der Waals surface area contributed by atoms with E-state index in [1.807, 2.05) is 35.6 Å². The van der Waals surface area contributed by atoms with Crippen molar-refractivity contribution in [2.45, 2.75) is 6.92 Å². The van der Waals surface area contributed by atoms with Crippen LogP contribution in [0.15, 0.2) is 72.8 Å². The highest BCUT2D eigenvalue weighted by atomic mass is 19.1. The summed E-state index contributed by atoms with van der Waals surface area (Å²) in [5.74, 6) is 0.882. The lowest BCUT2D eigenvalue weighted by atomic mass is 10.2. The average Bonchev–Trinajstić information content (AvgIpc) is 3.18. The summed E-state index contributed by atoms with van der Waals surface area (Å²) in [4.78, 5) is 16.9. The molecule has 5 aromatic rings. The number of fused-ring (bicyclic) bond motifs is 3. The second-order valence-electron chi connectivity index (χ2n) is 6.90. The Labute approximate surface area is 176 Å². The summed E-state index contributed by atoms with van der Waals surface area (Å²) in [6.45, 7) is 1.87. The van der Waals surface area contributed by atoms with E-state index in [1.165, 1.54) is 24.3 Å². The van der Waals surface area contributed by atoms with Gasteiger partial charge in [0.2, 0.25) is 5.65 Å². The van der Waals surface area contributed by atoms with Crippen LogP contribution >= 0.6 is 0 Å². The van der Waals surface area contributed by atoms with Crippen molar-refractivity contribution in [3.63, 3.8) is 0 Å². The van der Waals surface area contributed by atoms with Gasteiger partial charge in [-0.25, -0.2) is 9.37 Å². The number of hydrogen-bond donors (Lipinski definition) is 1. The van der Waals surface area contributed by atoms with Gasteiger partial charge in [0.25, 0.3) is 11.8 Å². The number of aromatic nitrogens is 4. The number of carbonyl (C=O) groups excluding carboxylic acids is 1. The van der Waals surface area contributed by atoms with Crippen LogP contribution < -0.4 is 10.1 Å². The normalized spacial score (nSPS) is 11.0. The molecular formula is C23H16FN5O2. The van der Waals surface area contributed by atoms with E-state index in [-0.39, 0.29) is 5.91 Å². The average molecular weight is 413 g/mol. The van der Waals surface area contributed by atoms with Crippen LogP contribution in [0.4, 0.5) is 10.1 Å². The summed E-state index contributed by atoms with van der Waals surface area (Å²) in [5.41, 5.74) is 3.12. The molecule has 0 radical (unpaired) electrons. The lowest BCUT2D eigenvalue weighted by molar-refractivity contribution is 0.102. The molecule has 7 nitrogen and oxygen atoms in total. The molecule has 0 bridgehead atoms. The third-order valence-corrected chi connectivity index (χ3v) is 4.79. The number of benzene rings is 3. The van der Waals surface area contributed by atoms with Crippen LogP contribution in [0.5, 0.6) is 11.6 Å². The first-order valence-electron chi connectivity index (χ1n) is 9.54. The molecule has 0 aliphatic rings. The number of para-hydroxylation sites is 2. The summed E-state index contributed by atoms with van der Waals surface area (Å²) in [7, 11) is 0. The maximum Gasteiger partial charge on any atom is 0.266 e. The van der Waals surface area contributed by atoms with Gasteiger partial charge in [0, 0.05) is 11.3 Å². The minimum Gasteiger partial charge on any atom is -0.436 e. The number of aryl methyl sites for hydroxylation is 1. The fraction of sp³-hybridized carbons (Fsp3) is 0.0435. The molecule has 1 N–H and O–H groups in total. The predicted molar refractivity (Wildman–Crippen MR) is 114 cm³/mol. The van der Waals surface area contributed by atoms with E-state index >= 15 is 0 Å². The first kappa shape index (κ1) is 18.7. The van der Waals surface area contributed by atoms with Crippen LogP contribution in [0, 0.1) is 12.7 Å². The topological polar surface area (TPSA) is 81.4 Å². The van der Waals surface area contributed by atoms with Gasteiger partial charge in [-0.1, -0.05) is 12.1 Å². The lowest BCUT2D eigenvalue weighted by Crippen LogP contribution is -2.11. The number of nitrogens with one attached hydrogen (secondary N) is 1. The summed E-state index contributed by atoms with van der Waals surface area (Å²) in [6.07, 6.45) is 0. The molecule has 0 aliphatic carbocycles. The lowest BCUT2D eigenvalue weighted by Gasteiger charge is -2.10. The van der Waals surface area contributed by atoms with E-state index in [1.54, 1.807) is 24.3 Å². The predicted octanol–water partition coefficient (Wildman–Crippen LogP) is 4.77. The maximum absolute atomic E-state index is 13.0. The first-order chi connectivity index (χ1) is 15.1.